The fourth-order valence-corrected chi connectivity index (χ4v) is 3.50. The molecule has 0 radical (unpaired) electrons. The molecular weight excluding hydrogens is 338 g/mol. The maximum atomic E-state index is 12.0. The fraction of sp³-hybridized carbons (Fsp3) is 0.222. The molecule has 0 atom stereocenters. The summed E-state index contributed by atoms with van der Waals surface area (Å²) in [5.74, 6) is -0.328. The number of rotatable bonds is 4. The van der Waals surface area contributed by atoms with Gasteiger partial charge in [0.1, 0.15) is 0 Å². The van der Waals surface area contributed by atoms with E-state index < -0.39 is 0 Å². The second-order valence-electron chi connectivity index (χ2n) is 5.70. The summed E-state index contributed by atoms with van der Waals surface area (Å²) in [6.07, 6.45) is 5.24. The van der Waals surface area contributed by atoms with Gasteiger partial charge in [0.15, 0.2) is 10.9 Å². The number of carbonyl (C=O) groups excluding carboxylic acids is 3. The molecule has 25 heavy (non-hydrogen) atoms. The van der Waals surface area contributed by atoms with Gasteiger partial charge in [0.2, 0.25) is 11.8 Å². The molecule has 0 bridgehead atoms. The molecule has 128 valence electrons. The van der Waals surface area contributed by atoms with E-state index >= 15 is 0 Å². The lowest BCUT2D eigenvalue weighted by Crippen LogP contribution is -2.08. The minimum absolute atomic E-state index is 0.106. The van der Waals surface area contributed by atoms with Crippen LogP contribution >= 0.6 is 11.3 Å². The van der Waals surface area contributed by atoms with E-state index in [2.05, 4.69) is 15.6 Å². The van der Waals surface area contributed by atoms with Crippen LogP contribution in [0.25, 0.3) is 6.08 Å². The quantitative estimate of drug-likeness (QED) is 0.824. The molecule has 1 aliphatic carbocycles. The lowest BCUT2D eigenvalue weighted by Gasteiger charge is -2.05. The first kappa shape index (κ1) is 17.0. The molecule has 1 aliphatic rings. The number of amides is 2. The molecule has 0 aliphatic heterocycles. The molecule has 0 saturated carbocycles. The second kappa shape index (κ2) is 7.40. The first-order valence-corrected chi connectivity index (χ1v) is 8.72. The Morgan fingerprint density at radius 2 is 1.92 bits per heavy atom. The Morgan fingerprint density at radius 1 is 1.16 bits per heavy atom. The Hall–Kier alpha value is -2.80. The summed E-state index contributed by atoms with van der Waals surface area (Å²) in [6, 6.07) is 7.13. The number of Topliss-reactive ketones (excluding diaryl/α,β-unsaturated/α-hetero) is 1. The summed E-state index contributed by atoms with van der Waals surface area (Å²) in [7, 11) is 0. The van der Waals surface area contributed by atoms with Crippen LogP contribution in [0.15, 0.2) is 30.3 Å². The molecule has 6 nitrogen and oxygen atoms in total. The van der Waals surface area contributed by atoms with Gasteiger partial charge in [0, 0.05) is 25.1 Å². The Kier molecular flexibility index (Phi) is 5.04. The van der Waals surface area contributed by atoms with Crippen molar-refractivity contribution < 1.29 is 14.4 Å². The van der Waals surface area contributed by atoms with Gasteiger partial charge < -0.3 is 5.32 Å². The second-order valence-corrected chi connectivity index (χ2v) is 6.70. The van der Waals surface area contributed by atoms with Crippen molar-refractivity contribution in [3.05, 3.63) is 46.5 Å². The van der Waals surface area contributed by atoms with Crippen molar-refractivity contribution in [1.29, 1.82) is 0 Å². The van der Waals surface area contributed by atoms with Gasteiger partial charge in [0.25, 0.3) is 0 Å². The molecule has 0 fully saturated rings. The summed E-state index contributed by atoms with van der Waals surface area (Å²) in [6.45, 7) is 1.45. The van der Waals surface area contributed by atoms with Crippen molar-refractivity contribution in [3.63, 3.8) is 0 Å². The van der Waals surface area contributed by atoms with E-state index in [4.69, 9.17) is 0 Å². The van der Waals surface area contributed by atoms with Crippen LogP contribution in [0.3, 0.4) is 0 Å². The van der Waals surface area contributed by atoms with Gasteiger partial charge in [-0.15, -0.1) is 0 Å². The normalized spacial score (nSPS) is 13.6. The maximum absolute atomic E-state index is 12.0. The zero-order valence-electron chi connectivity index (χ0n) is 13.7. The van der Waals surface area contributed by atoms with Crippen LogP contribution in [0, 0.1) is 0 Å². The lowest BCUT2D eigenvalue weighted by molar-refractivity contribution is -0.114. The van der Waals surface area contributed by atoms with Gasteiger partial charge in [-0.25, -0.2) is 4.98 Å². The van der Waals surface area contributed by atoms with E-state index in [9.17, 15) is 14.4 Å². The Morgan fingerprint density at radius 3 is 2.60 bits per heavy atom. The zero-order chi connectivity index (χ0) is 17.8. The number of aryl methyl sites for hydroxylation is 1. The van der Waals surface area contributed by atoms with Crippen LogP contribution in [-0.4, -0.2) is 22.6 Å². The fourth-order valence-electron chi connectivity index (χ4n) is 2.52. The minimum atomic E-state index is -0.301. The van der Waals surface area contributed by atoms with Crippen molar-refractivity contribution in [2.75, 3.05) is 10.6 Å². The highest BCUT2D eigenvalue weighted by atomic mass is 32.1. The van der Waals surface area contributed by atoms with Crippen LogP contribution in [0.5, 0.6) is 0 Å². The number of benzene rings is 1. The van der Waals surface area contributed by atoms with Gasteiger partial charge in [-0.2, -0.15) is 0 Å². The highest BCUT2D eigenvalue weighted by Crippen LogP contribution is 2.29. The molecule has 2 aromatic rings. The first-order chi connectivity index (χ1) is 12.0. The third-order valence-corrected chi connectivity index (χ3v) is 4.71. The number of aromatic nitrogens is 1. The zero-order valence-corrected chi connectivity index (χ0v) is 14.5. The molecule has 1 heterocycles. The van der Waals surface area contributed by atoms with E-state index in [0.29, 0.717) is 22.1 Å². The van der Waals surface area contributed by atoms with E-state index in [1.165, 1.54) is 24.3 Å². The monoisotopic (exact) mass is 355 g/mol. The van der Waals surface area contributed by atoms with Gasteiger partial charge in [-0.3, -0.25) is 19.7 Å². The number of hydrogen-bond donors (Lipinski definition) is 2. The molecule has 7 heteroatoms. The van der Waals surface area contributed by atoms with E-state index in [-0.39, 0.29) is 17.6 Å². The first-order valence-electron chi connectivity index (χ1n) is 7.91. The summed E-state index contributed by atoms with van der Waals surface area (Å²) in [5, 5.41) is 5.83. The molecule has 0 saturated heterocycles. The highest BCUT2D eigenvalue weighted by molar-refractivity contribution is 7.17. The largest absolute Gasteiger partial charge is 0.326 e. The third kappa shape index (κ3) is 4.39. The minimum Gasteiger partial charge on any atom is -0.326 e. The number of hydrogen-bond acceptors (Lipinski definition) is 5. The number of thiazole rings is 1. The van der Waals surface area contributed by atoms with Crippen LogP contribution in [0.4, 0.5) is 10.8 Å². The number of ketones is 1. The molecular formula is C18H17N3O3S. The van der Waals surface area contributed by atoms with Crippen LogP contribution in [-0.2, 0) is 16.0 Å². The van der Waals surface area contributed by atoms with E-state index in [0.717, 1.165) is 24.1 Å². The topological polar surface area (TPSA) is 88.2 Å². The van der Waals surface area contributed by atoms with E-state index in [1.807, 2.05) is 0 Å². The Bertz CT molecular complexity index is 853. The average Bonchev–Trinajstić information content (AvgIpc) is 2.97. The molecule has 2 amide bonds. The SMILES string of the molecule is CC(=O)Nc1ccc(/C=C/C(=O)Nc2nc3c(s2)C(=O)CCC3)cc1. The maximum Gasteiger partial charge on any atom is 0.250 e. The van der Waals surface area contributed by atoms with E-state index in [1.54, 1.807) is 30.3 Å². The smallest absolute Gasteiger partial charge is 0.250 e. The summed E-state index contributed by atoms with van der Waals surface area (Å²) in [4.78, 5) is 39.8. The number of carbonyl (C=O) groups is 3. The Balaban J connectivity index is 1.61. The number of nitrogens with zero attached hydrogens (tertiary/aromatic N) is 1. The van der Waals surface area contributed by atoms with Gasteiger partial charge in [-0.05, 0) is 36.6 Å². The van der Waals surface area contributed by atoms with Gasteiger partial charge in [-0.1, -0.05) is 23.5 Å². The molecule has 1 aromatic carbocycles. The molecule has 3 rings (SSSR count). The van der Waals surface area contributed by atoms with Crippen molar-refractivity contribution in [1.82, 2.24) is 4.98 Å². The lowest BCUT2D eigenvalue weighted by atomic mass is 10.0. The molecule has 2 N–H and O–H groups in total. The van der Waals surface area contributed by atoms with Crippen molar-refractivity contribution >= 4 is 45.8 Å². The van der Waals surface area contributed by atoms with Crippen molar-refractivity contribution in [2.45, 2.75) is 26.2 Å². The van der Waals surface area contributed by atoms with Gasteiger partial charge >= 0.3 is 0 Å². The van der Waals surface area contributed by atoms with Crippen LogP contribution < -0.4 is 10.6 Å². The summed E-state index contributed by atoms with van der Waals surface area (Å²) >= 11 is 1.23. The predicted molar refractivity (Wildman–Crippen MR) is 97.8 cm³/mol. The molecule has 1 aromatic heterocycles. The van der Waals surface area contributed by atoms with Crippen molar-refractivity contribution in [3.8, 4) is 0 Å². The standard InChI is InChI=1S/C18H17N3O3S/c1-11(22)19-13-8-5-12(6-9-13)7-10-16(24)21-18-20-14-3-2-4-15(23)17(14)25-18/h5-10H,2-4H2,1H3,(H,19,22)(H,20,21,24)/b10-7+. The number of fused-ring (bicyclic) bond motifs is 1. The van der Waals surface area contributed by atoms with Crippen LogP contribution in [0.2, 0.25) is 0 Å². The average molecular weight is 355 g/mol. The molecule has 0 unspecified atom stereocenters. The highest BCUT2D eigenvalue weighted by Gasteiger charge is 2.22. The molecule has 0 spiro atoms. The summed E-state index contributed by atoms with van der Waals surface area (Å²) in [5.41, 5.74) is 2.32. The predicted octanol–water partition coefficient (Wildman–Crippen LogP) is 3.27. The summed E-state index contributed by atoms with van der Waals surface area (Å²) < 4.78 is 0. The number of nitrogens with one attached hydrogen (secondary N) is 2. The van der Waals surface area contributed by atoms with Crippen LogP contribution in [0.1, 0.15) is 40.7 Å². The number of anilines is 2. The Labute approximate surface area is 149 Å². The van der Waals surface area contributed by atoms with Crippen molar-refractivity contribution in [2.24, 2.45) is 0 Å². The third-order valence-electron chi connectivity index (χ3n) is 3.66. The van der Waals surface area contributed by atoms with Gasteiger partial charge in [0.05, 0.1) is 10.6 Å².